The molecule has 0 saturated carbocycles. The van der Waals surface area contributed by atoms with Gasteiger partial charge in [-0.2, -0.15) is 0 Å². The number of benzene rings is 2. The van der Waals surface area contributed by atoms with E-state index in [1.807, 2.05) is 18.2 Å². The smallest absolute Gasteiger partial charge is 0.335 e. The average molecular weight is 313 g/mol. The number of nitrogens with zero attached hydrogens (tertiary/aromatic N) is 1. The molecular weight excluding hydrogens is 294 g/mol. The highest BCUT2D eigenvalue weighted by molar-refractivity contribution is 5.88. The Labute approximate surface area is 135 Å². The molecule has 0 aromatic heterocycles. The standard InChI is InChI=1S/C18H19NO4/c1-19(2)17(20)11-12-4-9-15(16(10-12)23-3)13-5-7-14(8-6-13)18(21)22/h4-10H,11H2,1-3H3,(H,21,22). The summed E-state index contributed by atoms with van der Waals surface area (Å²) in [5.41, 5.74) is 2.81. The number of rotatable bonds is 5. The van der Waals surface area contributed by atoms with E-state index in [9.17, 15) is 9.59 Å². The van der Waals surface area contributed by atoms with Crippen molar-refractivity contribution < 1.29 is 19.4 Å². The minimum Gasteiger partial charge on any atom is -0.496 e. The normalized spacial score (nSPS) is 10.2. The van der Waals surface area contributed by atoms with Crippen LogP contribution in [0.4, 0.5) is 0 Å². The van der Waals surface area contributed by atoms with Gasteiger partial charge in [0, 0.05) is 19.7 Å². The van der Waals surface area contributed by atoms with E-state index in [1.165, 1.54) is 0 Å². The van der Waals surface area contributed by atoms with E-state index < -0.39 is 5.97 Å². The van der Waals surface area contributed by atoms with Crippen LogP contribution in [-0.4, -0.2) is 43.1 Å². The molecule has 0 atom stereocenters. The van der Waals surface area contributed by atoms with Crippen LogP contribution in [0.5, 0.6) is 5.75 Å². The summed E-state index contributed by atoms with van der Waals surface area (Å²) >= 11 is 0. The third-order valence-electron chi connectivity index (χ3n) is 3.56. The van der Waals surface area contributed by atoms with Crippen molar-refractivity contribution in [3.05, 3.63) is 53.6 Å². The minimum absolute atomic E-state index is 0.0191. The predicted octanol–water partition coefficient (Wildman–Crippen LogP) is 2.69. The number of carbonyl (C=O) groups is 2. The summed E-state index contributed by atoms with van der Waals surface area (Å²) in [4.78, 5) is 24.3. The molecule has 2 rings (SSSR count). The van der Waals surface area contributed by atoms with Crippen molar-refractivity contribution in [2.45, 2.75) is 6.42 Å². The van der Waals surface area contributed by atoms with E-state index in [0.29, 0.717) is 12.2 Å². The lowest BCUT2D eigenvalue weighted by Gasteiger charge is -2.13. The molecule has 120 valence electrons. The monoisotopic (exact) mass is 313 g/mol. The van der Waals surface area contributed by atoms with Gasteiger partial charge in [-0.15, -0.1) is 0 Å². The lowest BCUT2D eigenvalue weighted by Crippen LogP contribution is -2.23. The van der Waals surface area contributed by atoms with Gasteiger partial charge in [0.15, 0.2) is 0 Å². The summed E-state index contributed by atoms with van der Waals surface area (Å²) in [6.45, 7) is 0. The molecule has 0 radical (unpaired) electrons. The predicted molar refractivity (Wildman–Crippen MR) is 87.8 cm³/mol. The Balaban J connectivity index is 2.32. The molecule has 2 aromatic carbocycles. The number of aromatic carboxylic acids is 1. The fourth-order valence-electron chi connectivity index (χ4n) is 2.21. The molecule has 0 heterocycles. The van der Waals surface area contributed by atoms with Crippen molar-refractivity contribution in [2.24, 2.45) is 0 Å². The second-order valence-electron chi connectivity index (χ2n) is 5.38. The number of carboxylic acid groups (broad SMARTS) is 1. The van der Waals surface area contributed by atoms with E-state index in [2.05, 4.69) is 0 Å². The molecule has 2 aromatic rings. The first-order valence-corrected chi connectivity index (χ1v) is 7.13. The summed E-state index contributed by atoms with van der Waals surface area (Å²) in [7, 11) is 5.01. The quantitative estimate of drug-likeness (QED) is 0.921. The maximum atomic E-state index is 11.8. The number of carbonyl (C=O) groups excluding carboxylic acids is 1. The van der Waals surface area contributed by atoms with Crippen LogP contribution in [0, 0.1) is 0 Å². The number of carboxylic acids is 1. The number of methoxy groups -OCH3 is 1. The lowest BCUT2D eigenvalue weighted by molar-refractivity contribution is -0.127. The molecule has 5 heteroatoms. The Hall–Kier alpha value is -2.82. The first kappa shape index (κ1) is 16.5. The van der Waals surface area contributed by atoms with Gasteiger partial charge < -0.3 is 14.7 Å². The van der Waals surface area contributed by atoms with E-state index in [1.54, 1.807) is 50.4 Å². The summed E-state index contributed by atoms with van der Waals surface area (Å²) in [5, 5.41) is 8.95. The highest BCUT2D eigenvalue weighted by atomic mass is 16.5. The average Bonchev–Trinajstić information content (AvgIpc) is 2.54. The van der Waals surface area contributed by atoms with Gasteiger partial charge >= 0.3 is 5.97 Å². The Bertz CT molecular complexity index is 720. The van der Waals surface area contributed by atoms with E-state index in [0.717, 1.165) is 16.7 Å². The molecule has 23 heavy (non-hydrogen) atoms. The Morgan fingerprint density at radius 3 is 2.26 bits per heavy atom. The number of hydrogen-bond acceptors (Lipinski definition) is 3. The topological polar surface area (TPSA) is 66.8 Å². The van der Waals surface area contributed by atoms with Crippen LogP contribution >= 0.6 is 0 Å². The Morgan fingerprint density at radius 1 is 1.09 bits per heavy atom. The molecule has 1 N–H and O–H groups in total. The number of amides is 1. The first-order chi connectivity index (χ1) is 10.9. The zero-order valence-corrected chi connectivity index (χ0v) is 13.4. The molecule has 1 amide bonds. The molecule has 0 saturated heterocycles. The van der Waals surface area contributed by atoms with Gasteiger partial charge in [-0.25, -0.2) is 4.79 Å². The zero-order chi connectivity index (χ0) is 17.0. The van der Waals surface area contributed by atoms with E-state index in [-0.39, 0.29) is 11.5 Å². The molecule has 0 unspecified atom stereocenters. The first-order valence-electron chi connectivity index (χ1n) is 7.13. The zero-order valence-electron chi connectivity index (χ0n) is 13.4. The van der Waals surface area contributed by atoms with Crippen LogP contribution in [0.25, 0.3) is 11.1 Å². The van der Waals surface area contributed by atoms with Gasteiger partial charge in [0.2, 0.25) is 5.91 Å². The van der Waals surface area contributed by atoms with Crippen molar-refractivity contribution in [3.8, 4) is 16.9 Å². The van der Waals surface area contributed by atoms with Gasteiger partial charge in [-0.1, -0.05) is 24.3 Å². The van der Waals surface area contributed by atoms with Gasteiger partial charge in [0.05, 0.1) is 19.1 Å². The second kappa shape index (κ2) is 6.96. The summed E-state index contributed by atoms with van der Waals surface area (Å²) in [5.74, 6) is -0.288. The van der Waals surface area contributed by atoms with Crippen LogP contribution in [-0.2, 0) is 11.2 Å². The largest absolute Gasteiger partial charge is 0.496 e. The highest BCUT2D eigenvalue weighted by Gasteiger charge is 2.11. The maximum absolute atomic E-state index is 11.8. The molecule has 0 aliphatic carbocycles. The van der Waals surface area contributed by atoms with Crippen molar-refractivity contribution in [1.29, 1.82) is 0 Å². The summed E-state index contributed by atoms with van der Waals surface area (Å²) in [6.07, 6.45) is 0.307. The molecule has 0 bridgehead atoms. The van der Waals surface area contributed by atoms with Crippen LogP contribution in [0.3, 0.4) is 0 Å². The second-order valence-corrected chi connectivity index (χ2v) is 5.38. The van der Waals surface area contributed by atoms with Crippen LogP contribution in [0.2, 0.25) is 0 Å². The van der Waals surface area contributed by atoms with Crippen molar-refractivity contribution in [3.63, 3.8) is 0 Å². The van der Waals surface area contributed by atoms with Gasteiger partial charge in [-0.05, 0) is 29.3 Å². The third kappa shape index (κ3) is 3.88. The van der Waals surface area contributed by atoms with E-state index >= 15 is 0 Å². The van der Waals surface area contributed by atoms with Crippen molar-refractivity contribution in [1.82, 2.24) is 4.90 Å². The van der Waals surface area contributed by atoms with Crippen molar-refractivity contribution in [2.75, 3.05) is 21.2 Å². The Kier molecular flexibility index (Phi) is 5.01. The molecular formula is C18H19NO4. The third-order valence-corrected chi connectivity index (χ3v) is 3.56. The fourth-order valence-corrected chi connectivity index (χ4v) is 2.21. The Morgan fingerprint density at radius 2 is 1.74 bits per heavy atom. The minimum atomic E-state index is -0.957. The molecule has 0 spiro atoms. The van der Waals surface area contributed by atoms with Gasteiger partial charge in [0.1, 0.15) is 5.75 Å². The number of ether oxygens (including phenoxy) is 1. The lowest BCUT2D eigenvalue weighted by atomic mass is 10.00. The number of likely N-dealkylation sites (N-methyl/N-ethyl adjacent to an activating group) is 1. The van der Waals surface area contributed by atoms with Crippen LogP contribution in [0.15, 0.2) is 42.5 Å². The van der Waals surface area contributed by atoms with Crippen LogP contribution in [0.1, 0.15) is 15.9 Å². The highest BCUT2D eigenvalue weighted by Crippen LogP contribution is 2.31. The van der Waals surface area contributed by atoms with Crippen molar-refractivity contribution >= 4 is 11.9 Å². The molecule has 0 fully saturated rings. The summed E-state index contributed by atoms with van der Waals surface area (Å²) in [6, 6.07) is 12.2. The van der Waals surface area contributed by atoms with E-state index in [4.69, 9.17) is 9.84 Å². The fraction of sp³-hybridized carbons (Fsp3) is 0.222. The molecule has 0 aliphatic heterocycles. The van der Waals surface area contributed by atoms with Crippen LogP contribution < -0.4 is 4.74 Å². The molecule has 5 nitrogen and oxygen atoms in total. The molecule has 0 aliphatic rings. The van der Waals surface area contributed by atoms with Gasteiger partial charge in [0.25, 0.3) is 0 Å². The maximum Gasteiger partial charge on any atom is 0.335 e. The summed E-state index contributed by atoms with van der Waals surface area (Å²) < 4.78 is 5.42. The SMILES string of the molecule is COc1cc(CC(=O)N(C)C)ccc1-c1ccc(C(=O)O)cc1. The number of hydrogen-bond donors (Lipinski definition) is 1. The van der Waals surface area contributed by atoms with Gasteiger partial charge in [-0.3, -0.25) is 4.79 Å².